The van der Waals surface area contributed by atoms with E-state index in [1.165, 1.54) is 0 Å². The zero-order valence-corrected chi connectivity index (χ0v) is 13.0. The molecule has 0 spiro atoms. The predicted molar refractivity (Wildman–Crippen MR) is 85.6 cm³/mol. The van der Waals surface area contributed by atoms with Gasteiger partial charge in [0.2, 0.25) is 0 Å². The Hall–Kier alpha value is -2.82. The standard InChI is InChI=1S/C18H17NO4/c1-18(11-12-6-3-4-9-15(12)16(20)23-18)17(21)19-13-7-5-8-14(10-13)22-2/h3-10H,11H2,1-2H3,(H,19,21)/t18-/m0/s1. The monoisotopic (exact) mass is 311 g/mol. The molecule has 1 heterocycles. The molecule has 2 aromatic carbocycles. The summed E-state index contributed by atoms with van der Waals surface area (Å²) >= 11 is 0. The zero-order chi connectivity index (χ0) is 16.4. The number of ether oxygens (including phenoxy) is 2. The van der Waals surface area contributed by atoms with Gasteiger partial charge in [0.15, 0.2) is 5.60 Å². The molecule has 0 fully saturated rings. The number of rotatable bonds is 3. The van der Waals surface area contributed by atoms with Gasteiger partial charge in [-0.25, -0.2) is 4.79 Å². The van der Waals surface area contributed by atoms with Gasteiger partial charge >= 0.3 is 5.97 Å². The van der Waals surface area contributed by atoms with Gasteiger partial charge in [-0.2, -0.15) is 0 Å². The molecule has 1 N–H and O–H groups in total. The lowest BCUT2D eigenvalue weighted by molar-refractivity contribution is -0.134. The number of hydrogen-bond donors (Lipinski definition) is 1. The second-order valence-electron chi connectivity index (χ2n) is 5.64. The summed E-state index contributed by atoms with van der Waals surface area (Å²) in [6, 6.07) is 14.2. The van der Waals surface area contributed by atoms with E-state index in [4.69, 9.17) is 9.47 Å². The molecule has 0 aromatic heterocycles. The first-order valence-electron chi connectivity index (χ1n) is 7.28. The third kappa shape index (κ3) is 2.90. The molecule has 0 saturated carbocycles. The van der Waals surface area contributed by atoms with Crippen molar-refractivity contribution in [2.24, 2.45) is 0 Å². The zero-order valence-electron chi connectivity index (χ0n) is 13.0. The Morgan fingerprint density at radius 3 is 2.78 bits per heavy atom. The highest BCUT2D eigenvalue weighted by atomic mass is 16.6. The predicted octanol–water partition coefficient (Wildman–Crippen LogP) is 2.81. The molecular weight excluding hydrogens is 294 g/mol. The van der Waals surface area contributed by atoms with Gasteiger partial charge in [0.25, 0.3) is 5.91 Å². The first kappa shape index (κ1) is 15.1. The van der Waals surface area contributed by atoms with Crippen LogP contribution in [0.1, 0.15) is 22.8 Å². The van der Waals surface area contributed by atoms with Crippen molar-refractivity contribution in [2.75, 3.05) is 12.4 Å². The van der Waals surface area contributed by atoms with Gasteiger partial charge in [-0.05, 0) is 30.7 Å². The molecule has 23 heavy (non-hydrogen) atoms. The number of hydrogen-bond acceptors (Lipinski definition) is 4. The van der Waals surface area contributed by atoms with Crippen molar-refractivity contribution < 1.29 is 19.1 Å². The summed E-state index contributed by atoms with van der Waals surface area (Å²) in [4.78, 5) is 24.8. The Labute approximate surface area is 134 Å². The van der Waals surface area contributed by atoms with Crippen LogP contribution in [-0.4, -0.2) is 24.6 Å². The number of esters is 1. The van der Waals surface area contributed by atoms with E-state index < -0.39 is 11.6 Å². The number of benzene rings is 2. The normalized spacial score (nSPS) is 19.5. The number of cyclic esters (lactones) is 1. The van der Waals surface area contributed by atoms with Gasteiger partial charge < -0.3 is 14.8 Å². The van der Waals surface area contributed by atoms with Gasteiger partial charge in [0.1, 0.15) is 5.75 Å². The van der Waals surface area contributed by atoms with E-state index in [2.05, 4.69) is 5.32 Å². The maximum absolute atomic E-state index is 12.6. The molecule has 2 aromatic rings. The van der Waals surface area contributed by atoms with Crippen molar-refractivity contribution in [3.63, 3.8) is 0 Å². The molecule has 0 aliphatic carbocycles. The largest absolute Gasteiger partial charge is 0.497 e. The SMILES string of the molecule is COc1cccc(NC(=O)[C@]2(C)Cc3ccccc3C(=O)O2)c1. The smallest absolute Gasteiger partial charge is 0.339 e. The number of nitrogens with one attached hydrogen (secondary N) is 1. The molecule has 1 aliphatic heterocycles. The maximum Gasteiger partial charge on any atom is 0.339 e. The first-order chi connectivity index (χ1) is 11.0. The molecule has 0 bridgehead atoms. The second-order valence-corrected chi connectivity index (χ2v) is 5.64. The van der Waals surface area contributed by atoms with Crippen molar-refractivity contribution >= 4 is 17.6 Å². The third-order valence-electron chi connectivity index (χ3n) is 3.89. The van der Waals surface area contributed by atoms with E-state index in [-0.39, 0.29) is 5.91 Å². The molecular formula is C18H17NO4. The van der Waals surface area contributed by atoms with Crippen LogP contribution in [0.3, 0.4) is 0 Å². The van der Waals surface area contributed by atoms with Crippen molar-refractivity contribution in [3.8, 4) is 5.75 Å². The lowest BCUT2D eigenvalue weighted by Crippen LogP contribution is -2.48. The molecule has 1 atom stereocenters. The Morgan fingerprint density at radius 1 is 1.22 bits per heavy atom. The van der Waals surface area contributed by atoms with Crippen LogP contribution in [0, 0.1) is 0 Å². The fourth-order valence-electron chi connectivity index (χ4n) is 2.62. The van der Waals surface area contributed by atoms with Crippen molar-refractivity contribution in [3.05, 3.63) is 59.7 Å². The fraction of sp³-hybridized carbons (Fsp3) is 0.222. The van der Waals surface area contributed by atoms with Gasteiger partial charge in [-0.1, -0.05) is 24.3 Å². The number of fused-ring (bicyclic) bond motifs is 1. The Kier molecular flexibility index (Phi) is 3.78. The van der Waals surface area contributed by atoms with Crippen molar-refractivity contribution in [2.45, 2.75) is 18.9 Å². The Bertz CT molecular complexity index is 771. The van der Waals surface area contributed by atoms with Crippen LogP contribution in [0.5, 0.6) is 5.75 Å². The highest BCUT2D eigenvalue weighted by Gasteiger charge is 2.42. The quantitative estimate of drug-likeness (QED) is 0.885. The first-order valence-corrected chi connectivity index (χ1v) is 7.28. The minimum atomic E-state index is -1.24. The molecule has 0 unspecified atom stereocenters. The van der Waals surface area contributed by atoms with Gasteiger partial charge in [-0.3, -0.25) is 4.79 Å². The Balaban J connectivity index is 1.83. The van der Waals surface area contributed by atoms with E-state index in [1.54, 1.807) is 50.4 Å². The van der Waals surface area contributed by atoms with Crippen LogP contribution in [0.25, 0.3) is 0 Å². The minimum Gasteiger partial charge on any atom is -0.497 e. The second kappa shape index (κ2) is 5.76. The van der Waals surface area contributed by atoms with E-state index in [1.807, 2.05) is 12.1 Å². The molecule has 1 amide bonds. The number of anilines is 1. The van der Waals surface area contributed by atoms with Crippen LogP contribution in [0.4, 0.5) is 5.69 Å². The Morgan fingerprint density at radius 2 is 2.00 bits per heavy atom. The molecule has 5 nitrogen and oxygen atoms in total. The molecule has 0 saturated heterocycles. The summed E-state index contributed by atoms with van der Waals surface area (Å²) in [6.45, 7) is 1.62. The van der Waals surface area contributed by atoms with Crippen LogP contribution < -0.4 is 10.1 Å². The molecule has 118 valence electrons. The minimum absolute atomic E-state index is 0.338. The molecule has 3 rings (SSSR count). The topological polar surface area (TPSA) is 64.6 Å². The summed E-state index contributed by atoms with van der Waals surface area (Å²) in [5.41, 5.74) is 0.672. The molecule has 1 aliphatic rings. The fourth-order valence-corrected chi connectivity index (χ4v) is 2.62. The van der Waals surface area contributed by atoms with Crippen LogP contribution in [-0.2, 0) is 16.0 Å². The van der Waals surface area contributed by atoms with Gasteiger partial charge in [-0.15, -0.1) is 0 Å². The molecule has 5 heteroatoms. The number of amides is 1. The number of carbonyl (C=O) groups is 2. The third-order valence-corrected chi connectivity index (χ3v) is 3.89. The van der Waals surface area contributed by atoms with Crippen molar-refractivity contribution in [1.29, 1.82) is 0 Å². The average Bonchev–Trinajstić information content (AvgIpc) is 2.55. The highest BCUT2D eigenvalue weighted by molar-refractivity contribution is 6.02. The van der Waals surface area contributed by atoms with Crippen molar-refractivity contribution in [1.82, 2.24) is 0 Å². The summed E-state index contributed by atoms with van der Waals surface area (Å²) in [5, 5.41) is 2.78. The maximum atomic E-state index is 12.6. The molecule has 0 radical (unpaired) electrons. The number of carbonyl (C=O) groups excluding carboxylic acids is 2. The van der Waals surface area contributed by atoms with Crippen LogP contribution >= 0.6 is 0 Å². The van der Waals surface area contributed by atoms with Crippen LogP contribution in [0.2, 0.25) is 0 Å². The summed E-state index contributed by atoms with van der Waals surface area (Å²) in [5.74, 6) is -0.206. The number of methoxy groups -OCH3 is 1. The van der Waals surface area contributed by atoms with E-state index >= 15 is 0 Å². The van der Waals surface area contributed by atoms with Gasteiger partial charge in [0.05, 0.1) is 12.7 Å². The van der Waals surface area contributed by atoms with Gasteiger partial charge in [0, 0.05) is 18.2 Å². The lowest BCUT2D eigenvalue weighted by Gasteiger charge is -2.33. The lowest BCUT2D eigenvalue weighted by atomic mass is 9.89. The van der Waals surface area contributed by atoms with Crippen LogP contribution in [0.15, 0.2) is 48.5 Å². The van der Waals surface area contributed by atoms with E-state index in [9.17, 15) is 9.59 Å². The average molecular weight is 311 g/mol. The summed E-state index contributed by atoms with van der Waals surface area (Å²) < 4.78 is 10.5. The van der Waals surface area contributed by atoms with E-state index in [0.717, 1.165) is 5.56 Å². The highest BCUT2D eigenvalue weighted by Crippen LogP contribution is 2.29. The summed E-state index contributed by atoms with van der Waals surface area (Å²) in [6.07, 6.45) is 0.338. The van der Waals surface area contributed by atoms with E-state index in [0.29, 0.717) is 23.4 Å². The summed E-state index contributed by atoms with van der Waals surface area (Å²) in [7, 11) is 1.56.